The minimum atomic E-state index is -0.247. The van der Waals surface area contributed by atoms with E-state index in [1.54, 1.807) is 18.2 Å². The summed E-state index contributed by atoms with van der Waals surface area (Å²) in [6.07, 6.45) is 0. The van der Waals surface area contributed by atoms with Crippen molar-refractivity contribution in [1.29, 1.82) is 0 Å². The fraction of sp³-hybridized carbons (Fsp3) is 0.238. The second-order valence-electron chi connectivity index (χ2n) is 5.63. The molecule has 0 spiro atoms. The third kappa shape index (κ3) is 3.85. The number of rotatable bonds is 3. The number of hydrogen-bond donors (Lipinski definition) is 0. The molecule has 0 aliphatic heterocycles. The van der Waals surface area contributed by atoms with Crippen molar-refractivity contribution in [2.45, 2.75) is 27.7 Å². The molecule has 3 heteroatoms. The Morgan fingerprint density at radius 1 is 0.917 bits per heavy atom. The molecule has 2 nitrogen and oxygen atoms in total. The van der Waals surface area contributed by atoms with Gasteiger partial charge in [0.05, 0.1) is 5.52 Å². The summed E-state index contributed by atoms with van der Waals surface area (Å²) in [4.78, 5) is 16.4. The van der Waals surface area contributed by atoms with E-state index in [-0.39, 0.29) is 17.5 Å². The standard InChI is InChI=1S/C19H16FNO.C2H6/c1-12(2)19(22)18-10-6-15-11-14(5-9-17(15)21-18)13-3-7-16(20)8-4-13;1-2/h3-12H,1-2H3;1-2H3. The van der Waals surface area contributed by atoms with Gasteiger partial charge >= 0.3 is 0 Å². The molecule has 0 aliphatic rings. The minimum absolute atomic E-state index is 0.0458. The van der Waals surface area contributed by atoms with Gasteiger partial charge < -0.3 is 0 Å². The maximum Gasteiger partial charge on any atom is 0.183 e. The van der Waals surface area contributed by atoms with Crippen molar-refractivity contribution in [1.82, 2.24) is 4.98 Å². The first-order valence-electron chi connectivity index (χ1n) is 8.25. The van der Waals surface area contributed by atoms with Gasteiger partial charge in [-0.2, -0.15) is 0 Å². The van der Waals surface area contributed by atoms with E-state index in [4.69, 9.17) is 0 Å². The maximum atomic E-state index is 13.0. The fourth-order valence-corrected chi connectivity index (χ4v) is 2.38. The number of ketones is 1. The highest BCUT2D eigenvalue weighted by molar-refractivity contribution is 5.98. The van der Waals surface area contributed by atoms with Crippen molar-refractivity contribution in [3.05, 3.63) is 66.1 Å². The van der Waals surface area contributed by atoms with Gasteiger partial charge in [-0.3, -0.25) is 4.79 Å². The summed E-state index contributed by atoms with van der Waals surface area (Å²) in [6.45, 7) is 7.73. The van der Waals surface area contributed by atoms with E-state index in [1.165, 1.54) is 12.1 Å². The van der Waals surface area contributed by atoms with Gasteiger partial charge in [-0.05, 0) is 41.5 Å². The van der Waals surface area contributed by atoms with Crippen LogP contribution in [0.25, 0.3) is 22.0 Å². The van der Waals surface area contributed by atoms with E-state index in [2.05, 4.69) is 4.98 Å². The minimum Gasteiger partial charge on any atom is -0.292 e. The van der Waals surface area contributed by atoms with E-state index >= 15 is 0 Å². The van der Waals surface area contributed by atoms with Crippen LogP contribution in [0, 0.1) is 11.7 Å². The average molecular weight is 323 g/mol. The highest BCUT2D eigenvalue weighted by Gasteiger charge is 2.12. The van der Waals surface area contributed by atoms with Crippen LogP contribution in [0.2, 0.25) is 0 Å². The van der Waals surface area contributed by atoms with E-state index in [0.29, 0.717) is 5.69 Å². The zero-order valence-electron chi connectivity index (χ0n) is 14.5. The summed E-state index contributed by atoms with van der Waals surface area (Å²) in [7, 11) is 0. The van der Waals surface area contributed by atoms with Crippen LogP contribution in [-0.2, 0) is 0 Å². The summed E-state index contributed by atoms with van der Waals surface area (Å²) < 4.78 is 13.0. The summed E-state index contributed by atoms with van der Waals surface area (Å²) in [5, 5.41) is 0.960. The van der Waals surface area contributed by atoms with Crippen molar-refractivity contribution >= 4 is 16.7 Å². The van der Waals surface area contributed by atoms with Crippen LogP contribution < -0.4 is 0 Å². The van der Waals surface area contributed by atoms with Gasteiger partial charge in [0, 0.05) is 11.3 Å². The van der Waals surface area contributed by atoms with Gasteiger partial charge in [0.25, 0.3) is 0 Å². The summed E-state index contributed by atoms with van der Waals surface area (Å²) in [6, 6.07) is 15.9. The zero-order valence-corrected chi connectivity index (χ0v) is 14.5. The molecular weight excluding hydrogens is 301 g/mol. The number of Topliss-reactive ketones (excluding diaryl/α,β-unsaturated/α-hetero) is 1. The van der Waals surface area contributed by atoms with E-state index < -0.39 is 0 Å². The van der Waals surface area contributed by atoms with Gasteiger partial charge in [0.1, 0.15) is 11.5 Å². The number of fused-ring (bicyclic) bond motifs is 1. The Bertz CT molecular complexity index is 838. The molecule has 2 aromatic carbocycles. The third-order valence-corrected chi connectivity index (χ3v) is 3.64. The van der Waals surface area contributed by atoms with Crippen LogP contribution >= 0.6 is 0 Å². The van der Waals surface area contributed by atoms with Crippen molar-refractivity contribution < 1.29 is 9.18 Å². The monoisotopic (exact) mass is 323 g/mol. The number of pyridine rings is 1. The van der Waals surface area contributed by atoms with Crippen LogP contribution in [0.4, 0.5) is 4.39 Å². The first-order chi connectivity index (χ1) is 11.5. The largest absolute Gasteiger partial charge is 0.292 e. The van der Waals surface area contributed by atoms with Gasteiger partial charge in [0.15, 0.2) is 5.78 Å². The maximum absolute atomic E-state index is 13.0. The molecular formula is C21H22FNO. The Kier molecular flexibility index (Phi) is 5.80. The lowest BCUT2D eigenvalue weighted by atomic mass is 10.0. The number of carbonyl (C=O) groups is 1. The predicted octanol–water partition coefficient (Wildman–Crippen LogP) is 5.91. The molecule has 124 valence electrons. The third-order valence-electron chi connectivity index (χ3n) is 3.64. The van der Waals surface area contributed by atoms with Crippen LogP contribution in [0.15, 0.2) is 54.6 Å². The fourth-order valence-electron chi connectivity index (χ4n) is 2.38. The molecule has 0 unspecified atom stereocenters. The first-order valence-corrected chi connectivity index (χ1v) is 8.25. The molecule has 0 saturated heterocycles. The van der Waals surface area contributed by atoms with Gasteiger partial charge in [0.2, 0.25) is 0 Å². The molecule has 0 radical (unpaired) electrons. The number of hydrogen-bond acceptors (Lipinski definition) is 2. The lowest BCUT2D eigenvalue weighted by molar-refractivity contribution is 0.0934. The first kappa shape index (κ1) is 17.8. The number of halogens is 1. The number of nitrogens with zero attached hydrogens (tertiary/aromatic N) is 1. The Hall–Kier alpha value is -2.55. The Balaban J connectivity index is 0.00000100. The Labute approximate surface area is 142 Å². The van der Waals surface area contributed by atoms with Crippen LogP contribution in [0.5, 0.6) is 0 Å². The van der Waals surface area contributed by atoms with Gasteiger partial charge in [-0.1, -0.05) is 52.0 Å². The van der Waals surface area contributed by atoms with Crippen molar-refractivity contribution in [3.63, 3.8) is 0 Å². The molecule has 1 heterocycles. The Morgan fingerprint density at radius 3 is 2.17 bits per heavy atom. The highest BCUT2D eigenvalue weighted by atomic mass is 19.1. The molecule has 0 saturated carbocycles. The summed E-state index contributed by atoms with van der Waals surface area (Å²) >= 11 is 0. The van der Waals surface area contributed by atoms with Crippen LogP contribution in [-0.4, -0.2) is 10.8 Å². The van der Waals surface area contributed by atoms with E-state index in [1.807, 2.05) is 52.0 Å². The average Bonchev–Trinajstić information content (AvgIpc) is 2.62. The molecule has 1 aromatic heterocycles. The lowest BCUT2D eigenvalue weighted by Crippen LogP contribution is -2.09. The van der Waals surface area contributed by atoms with Crippen molar-refractivity contribution in [3.8, 4) is 11.1 Å². The molecule has 3 rings (SSSR count). The van der Waals surface area contributed by atoms with E-state index in [0.717, 1.165) is 22.0 Å². The smallest absolute Gasteiger partial charge is 0.183 e. The highest BCUT2D eigenvalue weighted by Crippen LogP contribution is 2.24. The number of aromatic nitrogens is 1. The Morgan fingerprint density at radius 2 is 1.54 bits per heavy atom. The second kappa shape index (κ2) is 7.82. The van der Waals surface area contributed by atoms with Crippen molar-refractivity contribution in [2.75, 3.05) is 0 Å². The SMILES string of the molecule is CC.CC(C)C(=O)c1ccc2cc(-c3ccc(F)cc3)ccc2n1. The topological polar surface area (TPSA) is 30.0 Å². The van der Waals surface area contributed by atoms with E-state index in [9.17, 15) is 9.18 Å². The molecule has 3 aromatic rings. The molecule has 0 atom stereocenters. The van der Waals surface area contributed by atoms with Crippen molar-refractivity contribution in [2.24, 2.45) is 5.92 Å². The summed E-state index contributed by atoms with van der Waals surface area (Å²) in [5.74, 6) is -0.268. The molecule has 0 N–H and O–H groups in total. The zero-order chi connectivity index (χ0) is 17.7. The van der Waals surface area contributed by atoms with Crippen LogP contribution in [0.3, 0.4) is 0 Å². The normalized spacial score (nSPS) is 10.4. The lowest BCUT2D eigenvalue weighted by Gasteiger charge is -2.07. The molecule has 0 aliphatic carbocycles. The molecule has 0 bridgehead atoms. The number of carbonyl (C=O) groups excluding carboxylic acids is 1. The number of benzene rings is 2. The molecule has 24 heavy (non-hydrogen) atoms. The second-order valence-corrected chi connectivity index (χ2v) is 5.63. The predicted molar refractivity (Wildman–Crippen MR) is 97.7 cm³/mol. The quantitative estimate of drug-likeness (QED) is 0.561. The van der Waals surface area contributed by atoms with Crippen LogP contribution in [0.1, 0.15) is 38.2 Å². The molecule has 0 fully saturated rings. The summed E-state index contributed by atoms with van der Waals surface area (Å²) in [5.41, 5.74) is 3.23. The van der Waals surface area contributed by atoms with Gasteiger partial charge in [-0.25, -0.2) is 9.37 Å². The van der Waals surface area contributed by atoms with Gasteiger partial charge in [-0.15, -0.1) is 0 Å². The molecule has 0 amide bonds.